The Bertz CT molecular complexity index is 617. The molecule has 1 atom stereocenters. The van der Waals surface area contributed by atoms with Crippen molar-refractivity contribution in [3.8, 4) is 0 Å². The maximum absolute atomic E-state index is 12.5. The molecule has 21 heavy (non-hydrogen) atoms. The van der Waals surface area contributed by atoms with E-state index in [1.807, 2.05) is 6.92 Å². The predicted molar refractivity (Wildman–Crippen MR) is 76.6 cm³/mol. The third-order valence-electron chi connectivity index (χ3n) is 4.06. The van der Waals surface area contributed by atoms with Crippen LogP contribution in [0.2, 0.25) is 0 Å². The van der Waals surface area contributed by atoms with Crippen LogP contribution in [0.1, 0.15) is 55.2 Å². The molecule has 1 saturated carbocycles. The molecular formula is C13H21N3O4S. The molecule has 8 heteroatoms. The van der Waals surface area contributed by atoms with E-state index in [0.717, 1.165) is 25.7 Å². The molecule has 3 N–H and O–H groups in total. The zero-order valence-corrected chi connectivity index (χ0v) is 13.0. The van der Waals surface area contributed by atoms with Crippen LogP contribution in [0.15, 0.2) is 4.90 Å². The topological polar surface area (TPSA) is 112 Å². The van der Waals surface area contributed by atoms with Crippen LogP contribution in [0, 0.1) is 12.8 Å². The van der Waals surface area contributed by atoms with Crippen molar-refractivity contribution in [1.82, 2.24) is 14.9 Å². The molecule has 1 fully saturated rings. The Labute approximate surface area is 124 Å². The van der Waals surface area contributed by atoms with Crippen molar-refractivity contribution in [2.75, 3.05) is 0 Å². The van der Waals surface area contributed by atoms with Gasteiger partial charge in [0.2, 0.25) is 10.0 Å². The second-order valence-corrected chi connectivity index (χ2v) is 7.29. The van der Waals surface area contributed by atoms with Gasteiger partial charge in [0.1, 0.15) is 4.90 Å². The third-order valence-corrected chi connectivity index (χ3v) is 5.78. The largest absolute Gasteiger partial charge is 0.476 e. The van der Waals surface area contributed by atoms with Crippen LogP contribution in [0.4, 0.5) is 0 Å². The zero-order chi connectivity index (χ0) is 15.6. The highest BCUT2D eigenvalue weighted by molar-refractivity contribution is 7.89. The van der Waals surface area contributed by atoms with Gasteiger partial charge in [-0.05, 0) is 32.6 Å². The third kappa shape index (κ3) is 3.44. The summed E-state index contributed by atoms with van der Waals surface area (Å²) in [6.07, 6.45) is 5.42. The molecule has 0 radical (unpaired) electrons. The summed E-state index contributed by atoms with van der Waals surface area (Å²) >= 11 is 0. The van der Waals surface area contributed by atoms with Crippen molar-refractivity contribution >= 4 is 16.0 Å². The molecule has 1 aromatic heterocycles. The lowest BCUT2D eigenvalue weighted by Crippen LogP contribution is -2.39. The Morgan fingerprint density at radius 2 is 2.00 bits per heavy atom. The van der Waals surface area contributed by atoms with Crippen molar-refractivity contribution in [3.05, 3.63) is 11.4 Å². The number of aromatic nitrogens is 2. The number of aromatic carboxylic acids is 1. The summed E-state index contributed by atoms with van der Waals surface area (Å²) in [6.45, 7) is 3.34. The van der Waals surface area contributed by atoms with Crippen LogP contribution in [0.3, 0.4) is 0 Å². The van der Waals surface area contributed by atoms with E-state index >= 15 is 0 Å². The first-order valence-corrected chi connectivity index (χ1v) is 8.62. The predicted octanol–water partition coefficient (Wildman–Crippen LogP) is 1.66. The van der Waals surface area contributed by atoms with E-state index in [0.29, 0.717) is 5.92 Å². The summed E-state index contributed by atoms with van der Waals surface area (Å²) in [7, 11) is -3.90. The van der Waals surface area contributed by atoms with Crippen LogP contribution in [0.5, 0.6) is 0 Å². The first kappa shape index (κ1) is 16.0. The average molecular weight is 315 g/mol. The zero-order valence-electron chi connectivity index (χ0n) is 12.2. The van der Waals surface area contributed by atoms with Gasteiger partial charge in [-0.15, -0.1) is 0 Å². The van der Waals surface area contributed by atoms with Gasteiger partial charge in [0.05, 0.1) is 5.69 Å². The van der Waals surface area contributed by atoms with Crippen molar-refractivity contribution in [2.45, 2.75) is 56.9 Å². The fourth-order valence-electron chi connectivity index (χ4n) is 2.93. The molecular weight excluding hydrogens is 294 g/mol. The van der Waals surface area contributed by atoms with Gasteiger partial charge >= 0.3 is 5.97 Å². The Morgan fingerprint density at radius 3 is 2.57 bits per heavy atom. The highest BCUT2D eigenvalue weighted by atomic mass is 32.2. The minimum absolute atomic E-state index is 0.216. The van der Waals surface area contributed by atoms with Gasteiger partial charge in [-0.1, -0.05) is 19.3 Å². The average Bonchev–Trinajstić information content (AvgIpc) is 2.82. The van der Waals surface area contributed by atoms with E-state index in [9.17, 15) is 13.2 Å². The van der Waals surface area contributed by atoms with Crippen molar-refractivity contribution in [3.63, 3.8) is 0 Å². The van der Waals surface area contributed by atoms with Gasteiger partial charge in [-0.3, -0.25) is 5.10 Å². The Kier molecular flexibility index (Phi) is 4.67. The monoisotopic (exact) mass is 315 g/mol. The first-order valence-electron chi connectivity index (χ1n) is 7.13. The molecule has 1 aliphatic rings. The SMILES string of the molecule is Cc1[nH]nc(C(=O)O)c1S(=O)(=O)N[C@@H](C)C1CCCCC1. The summed E-state index contributed by atoms with van der Waals surface area (Å²) in [5.74, 6) is -1.06. The molecule has 0 bridgehead atoms. The van der Waals surface area contributed by atoms with Crippen LogP contribution >= 0.6 is 0 Å². The molecule has 0 saturated heterocycles. The number of hydrogen-bond acceptors (Lipinski definition) is 4. The Hall–Kier alpha value is -1.41. The quantitative estimate of drug-likeness (QED) is 0.765. The number of aryl methyl sites for hydroxylation is 1. The molecule has 2 rings (SSSR count). The molecule has 118 valence electrons. The maximum Gasteiger partial charge on any atom is 0.357 e. The summed E-state index contributed by atoms with van der Waals surface area (Å²) in [5.41, 5.74) is -0.230. The van der Waals surface area contributed by atoms with Gasteiger partial charge < -0.3 is 5.11 Å². The molecule has 0 aromatic carbocycles. The Balaban J connectivity index is 2.22. The second kappa shape index (κ2) is 6.15. The fraction of sp³-hybridized carbons (Fsp3) is 0.692. The lowest BCUT2D eigenvalue weighted by molar-refractivity contribution is 0.0686. The second-order valence-electron chi connectivity index (χ2n) is 5.64. The van der Waals surface area contributed by atoms with E-state index in [1.165, 1.54) is 13.3 Å². The maximum atomic E-state index is 12.5. The summed E-state index contributed by atoms with van der Waals surface area (Å²) in [4.78, 5) is 10.8. The standard InChI is InChI=1S/C13H21N3O4S/c1-8(10-6-4-3-5-7-10)16-21(19,20)12-9(2)14-15-11(12)13(17)18/h8,10,16H,3-7H2,1-2H3,(H,14,15)(H,17,18)/t8-/m0/s1. The first-order chi connectivity index (χ1) is 9.83. The van der Waals surface area contributed by atoms with E-state index in [2.05, 4.69) is 14.9 Å². The van der Waals surface area contributed by atoms with Crippen LogP contribution in [-0.2, 0) is 10.0 Å². The molecule has 1 aliphatic carbocycles. The summed E-state index contributed by atoms with van der Waals surface area (Å²) in [5, 5.41) is 15.0. The van der Waals surface area contributed by atoms with Crippen LogP contribution in [0.25, 0.3) is 0 Å². The van der Waals surface area contributed by atoms with E-state index < -0.39 is 21.7 Å². The summed E-state index contributed by atoms with van der Waals surface area (Å²) in [6, 6.07) is -0.216. The number of rotatable bonds is 5. The van der Waals surface area contributed by atoms with Gasteiger partial charge in [0.15, 0.2) is 5.69 Å². The number of carbonyl (C=O) groups is 1. The number of carboxylic acid groups (broad SMARTS) is 1. The normalized spacial score (nSPS) is 18.6. The number of nitrogens with one attached hydrogen (secondary N) is 2. The molecule has 1 aromatic rings. The van der Waals surface area contributed by atoms with Crippen molar-refractivity contribution < 1.29 is 18.3 Å². The fourth-order valence-corrected chi connectivity index (χ4v) is 4.56. The van der Waals surface area contributed by atoms with E-state index in [-0.39, 0.29) is 16.6 Å². The molecule has 0 amide bonds. The summed E-state index contributed by atoms with van der Waals surface area (Å²) < 4.78 is 27.5. The minimum Gasteiger partial charge on any atom is -0.476 e. The lowest BCUT2D eigenvalue weighted by atomic mass is 9.85. The molecule has 0 aliphatic heterocycles. The van der Waals surface area contributed by atoms with Gasteiger partial charge in [0, 0.05) is 6.04 Å². The van der Waals surface area contributed by atoms with Crippen molar-refractivity contribution in [2.24, 2.45) is 5.92 Å². The molecule has 0 spiro atoms. The van der Waals surface area contributed by atoms with Crippen LogP contribution in [-0.4, -0.2) is 35.7 Å². The van der Waals surface area contributed by atoms with Gasteiger partial charge in [-0.25, -0.2) is 17.9 Å². The minimum atomic E-state index is -3.90. The van der Waals surface area contributed by atoms with E-state index in [4.69, 9.17) is 5.11 Å². The number of aromatic amines is 1. The van der Waals surface area contributed by atoms with E-state index in [1.54, 1.807) is 0 Å². The van der Waals surface area contributed by atoms with Crippen LogP contribution < -0.4 is 4.72 Å². The number of H-pyrrole nitrogens is 1. The van der Waals surface area contributed by atoms with Gasteiger partial charge in [-0.2, -0.15) is 5.10 Å². The molecule has 0 unspecified atom stereocenters. The van der Waals surface area contributed by atoms with Gasteiger partial charge in [0.25, 0.3) is 0 Å². The Morgan fingerprint density at radius 1 is 1.38 bits per heavy atom. The smallest absolute Gasteiger partial charge is 0.357 e. The highest BCUT2D eigenvalue weighted by Gasteiger charge is 2.31. The number of nitrogens with zero attached hydrogens (tertiary/aromatic N) is 1. The number of sulfonamides is 1. The highest BCUT2D eigenvalue weighted by Crippen LogP contribution is 2.27. The lowest BCUT2D eigenvalue weighted by Gasteiger charge is -2.28. The molecule has 7 nitrogen and oxygen atoms in total. The number of hydrogen-bond donors (Lipinski definition) is 3. The van der Waals surface area contributed by atoms with Crippen molar-refractivity contribution in [1.29, 1.82) is 0 Å². The molecule has 1 heterocycles. The number of carboxylic acids is 1.